The van der Waals surface area contributed by atoms with E-state index in [9.17, 15) is 4.79 Å². The minimum absolute atomic E-state index is 0.0750. The maximum Gasteiger partial charge on any atom is 0.267 e. The van der Waals surface area contributed by atoms with E-state index in [1.54, 1.807) is 4.68 Å². The van der Waals surface area contributed by atoms with Crippen LogP contribution in [0.1, 0.15) is 60.7 Å². The number of rotatable bonds is 5. The Morgan fingerprint density at radius 1 is 1.04 bits per heavy atom. The minimum Gasteiger partial charge on any atom is -0.299 e. The van der Waals surface area contributed by atoms with Crippen LogP contribution >= 0.6 is 0 Å². The van der Waals surface area contributed by atoms with Crippen molar-refractivity contribution in [2.45, 2.75) is 64.0 Å². The first-order chi connectivity index (χ1) is 13.2. The molecule has 2 aromatic heterocycles. The van der Waals surface area contributed by atoms with Gasteiger partial charge in [0.2, 0.25) is 0 Å². The lowest BCUT2D eigenvalue weighted by Crippen LogP contribution is -2.36. The van der Waals surface area contributed by atoms with Crippen molar-refractivity contribution in [1.29, 1.82) is 0 Å². The van der Waals surface area contributed by atoms with Crippen LogP contribution in [0, 0.1) is 5.92 Å². The average Bonchev–Trinajstić information content (AvgIpc) is 3.44. The number of nitrogens with zero attached hydrogens (tertiary/aromatic N) is 5. The maximum absolute atomic E-state index is 12.3. The second kappa shape index (κ2) is 7.15. The van der Waals surface area contributed by atoms with Crippen LogP contribution in [-0.4, -0.2) is 37.7 Å². The largest absolute Gasteiger partial charge is 0.299 e. The summed E-state index contributed by atoms with van der Waals surface area (Å²) in [6.45, 7) is 3.82. The summed E-state index contributed by atoms with van der Waals surface area (Å²) < 4.78 is 1.72. The number of piperidine rings is 1. The van der Waals surface area contributed by atoms with Gasteiger partial charge in [0.1, 0.15) is 5.82 Å². The highest BCUT2D eigenvalue weighted by Crippen LogP contribution is 2.37. The zero-order valence-electron chi connectivity index (χ0n) is 15.8. The summed E-state index contributed by atoms with van der Waals surface area (Å²) in [7, 11) is 0. The van der Waals surface area contributed by atoms with E-state index in [0.717, 1.165) is 69.8 Å². The molecule has 0 N–H and O–H groups in total. The van der Waals surface area contributed by atoms with Gasteiger partial charge in [-0.15, -0.1) is 0 Å². The molecule has 0 spiro atoms. The first-order valence-electron chi connectivity index (χ1n) is 10.4. The molecule has 3 heterocycles. The smallest absolute Gasteiger partial charge is 0.267 e. The zero-order valence-corrected chi connectivity index (χ0v) is 15.8. The van der Waals surface area contributed by atoms with E-state index in [1.807, 2.05) is 18.5 Å². The third-order valence-electron chi connectivity index (χ3n) is 6.24. The molecule has 5 rings (SSSR count). The third-order valence-corrected chi connectivity index (χ3v) is 6.24. The molecule has 2 aliphatic carbocycles. The summed E-state index contributed by atoms with van der Waals surface area (Å²) in [6, 6.07) is 1.82. The summed E-state index contributed by atoms with van der Waals surface area (Å²) in [5.74, 6) is 2.18. The Morgan fingerprint density at radius 2 is 1.81 bits per heavy atom. The van der Waals surface area contributed by atoms with Gasteiger partial charge in [-0.25, -0.2) is 14.6 Å². The third kappa shape index (κ3) is 3.81. The average molecular weight is 365 g/mol. The number of aromatic nitrogens is 4. The van der Waals surface area contributed by atoms with Gasteiger partial charge in [-0.2, -0.15) is 5.10 Å². The number of aryl methyl sites for hydroxylation is 2. The van der Waals surface area contributed by atoms with Crippen LogP contribution < -0.4 is 5.56 Å². The van der Waals surface area contributed by atoms with Gasteiger partial charge in [0.15, 0.2) is 0 Å². The monoisotopic (exact) mass is 365 g/mol. The van der Waals surface area contributed by atoms with Crippen molar-refractivity contribution >= 4 is 0 Å². The van der Waals surface area contributed by atoms with E-state index >= 15 is 0 Å². The molecule has 142 valence electrons. The van der Waals surface area contributed by atoms with Crippen molar-refractivity contribution in [3.63, 3.8) is 0 Å². The molecule has 1 aliphatic heterocycles. The van der Waals surface area contributed by atoms with Crippen molar-refractivity contribution in [3.8, 4) is 0 Å². The number of likely N-dealkylation sites (tertiary alicyclic amines) is 1. The van der Waals surface area contributed by atoms with E-state index in [4.69, 9.17) is 0 Å². The first kappa shape index (κ1) is 17.0. The summed E-state index contributed by atoms with van der Waals surface area (Å²) >= 11 is 0. The highest BCUT2D eigenvalue weighted by atomic mass is 16.1. The summed E-state index contributed by atoms with van der Waals surface area (Å²) in [5, 5.41) is 4.64. The molecule has 0 bridgehead atoms. The first-order valence-corrected chi connectivity index (χ1v) is 10.4. The SMILES string of the molecule is O=c1cc2c(nn1CC1CCN(Cc3cnc(C4CC4)nc3)CC1)CCC2. The molecular weight excluding hydrogens is 338 g/mol. The fourth-order valence-corrected chi connectivity index (χ4v) is 4.40. The standard InChI is InChI=1S/C21H27N5O/c27-20-10-18-2-1-3-19(18)24-26(20)14-15-6-8-25(9-7-15)13-16-11-22-21(23-12-16)17-4-5-17/h10-12,15,17H,1-9,13-14H2. The summed E-state index contributed by atoms with van der Waals surface area (Å²) in [6.07, 6.45) is 11.9. The van der Waals surface area contributed by atoms with E-state index in [0.29, 0.717) is 11.8 Å². The number of fused-ring (bicyclic) bond motifs is 1. The van der Waals surface area contributed by atoms with Gasteiger partial charge in [0.05, 0.1) is 5.69 Å². The molecule has 0 atom stereocenters. The molecule has 0 radical (unpaired) electrons. The normalized spacial score (nSPS) is 20.7. The van der Waals surface area contributed by atoms with Crippen LogP contribution in [0.25, 0.3) is 0 Å². The predicted octanol–water partition coefficient (Wildman–Crippen LogP) is 2.31. The molecule has 0 unspecified atom stereocenters. The molecule has 0 aromatic carbocycles. The van der Waals surface area contributed by atoms with Gasteiger partial charge in [-0.05, 0) is 69.5 Å². The topological polar surface area (TPSA) is 63.9 Å². The van der Waals surface area contributed by atoms with Gasteiger partial charge in [-0.3, -0.25) is 9.69 Å². The van der Waals surface area contributed by atoms with Crippen LogP contribution in [0.3, 0.4) is 0 Å². The second-order valence-electron chi connectivity index (χ2n) is 8.43. The van der Waals surface area contributed by atoms with Crippen molar-refractivity contribution < 1.29 is 0 Å². The van der Waals surface area contributed by atoms with E-state index in [-0.39, 0.29) is 5.56 Å². The molecule has 27 heavy (non-hydrogen) atoms. The molecule has 1 saturated heterocycles. The van der Waals surface area contributed by atoms with Crippen molar-refractivity contribution in [3.05, 3.63) is 51.5 Å². The molecule has 6 nitrogen and oxygen atoms in total. The van der Waals surface area contributed by atoms with Crippen LogP contribution in [0.4, 0.5) is 0 Å². The number of hydrogen-bond donors (Lipinski definition) is 0. The molecule has 1 saturated carbocycles. The Bertz CT molecular complexity index is 863. The highest BCUT2D eigenvalue weighted by Gasteiger charge is 2.26. The molecular formula is C21H27N5O. The molecule has 6 heteroatoms. The lowest BCUT2D eigenvalue weighted by atomic mass is 9.96. The van der Waals surface area contributed by atoms with Crippen LogP contribution in [0.2, 0.25) is 0 Å². The highest BCUT2D eigenvalue weighted by molar-refractivity contribution is 5.22. The Hall–Kier alpha value is -2.08. The lowest BCUT2D eigenvalue weighted by molar-refractivity contribution is 0.163. The van der Waals surface area contributed by atoms with Crippen LogP contribution in [0.5, 0.6) is 0 Å². The van der Waals surface area contributed by atoms with Gasteiger partial charge in [0.25, 0.3) is 5.56 Å². The fraction of sp³-hybridized carbons (Fsp3) is 0.619. The Kier molecular flexibility index (Phi) is 4.52. The molecule has 2 aromatic rings. The van der Waals surface area contributed by atoms with Gasteiger partial charge in [0, 0.05) is 43.0 Å². The number of hydrogen-bond acceptors (Lipinski definition) is 5. The molecule has 2 fully saturated rings. The Morgan fingerprint density at radius 3 is 2.56 bits per heavy atom. The summed E-state index contributed by atoms with van der Waals surface area (Å²) in [4.78, 5) is 23.9. The van der Waals surface area contributed by atoms with Gasteiger partial charge in [-0.1, -0.05) is 0 Å². The lowest BCUT2D eigenvalue weighted by Gasteiger charge is -2.31. The van der Waals surface area contributed by atoms with Crippen molar-refractivity contribution in [2.75, 3.05) is 13.1 Å². The maximum atomic E-state index is 12.3. The predicted molar refractivity (Wildman–Crippen MR) is 103 cm³/mol. The second-order valence-corrected chi connectivity index (χ2v) is 8.43. The molecule has 3 aliphatic rings. The van der Waals surface area contributed by atoms with E-state index < -0.39 is 0 Å². The van der Waals surface area contributed by atoms with Crippen LogP contribution in [-0.2, 0) is 25.9 Å². The zero-order chi connectivity index (χ0) is 18.2. The fourth-order valence-electron chi connectivity index (χ4n) is 4.40. The van der Waals surface area contributed by atoms with Gasteiger partial charge >= 0.3 is 0 Å². The van der Waals surface area contributed by atoms with E-state index in [2.05, 4.69) is 20.0 Å². The van der Waals surface area contributed by atoms with Crippen molar-refractivity contribution in [1.82, 2.24) is 24.6 Å². The van der Waals surface area contributed by atoms with Gasteiger partial charge < -0.3 is 0 Å². The van der Waals surface area contributed by atoms with Crippen molar-refractivity contribution in [2.24, 2.45) is 5.92 Å². The molecule has 0 amide bonds. The quantitative estimate of drug-likeness (QED) is 0.814. The summed E-state index contributed by atoms with van der Waals surface area (Å²) in [5.41, 5.74) is 3.59. The Labute approximate surface area is 159 Å². The Balaban J connectivity index is 1.15. The van der Waals surface area contributed by atoms with Crippen LogP contribution in [0.15, 0.2) is 23.3 Å². The minimum atomic E-state index is 0.0750. The van der Waals surface area contributed by atoms with E-state index in [1.165, 1.54) is 24.0 Å².